The normalized spacial score (nSPS) is 19.6. The lowest BCUT2D eigenvalue weighted by Crippen LogP contribution is -2.47. The molecule has 0 bridgehead atoms. The minimum absolute atomic E-state index is 0.291. The minimum atomic E-state index is -0.637. The second kappa shape index (κ2) is 7.48. The van der Waals surface area contributed by atoms with E-state index >= 15 is 0 Å². The summed E-state index contributed by atoms with van der Waals surface area (Å²) in [7, 11) is 0. The van der Waals surface area contributed by atoms with Crippen molar-refractivity contribution in [2.45, 2.75) is 25.0 Å². The molecule has 2 heterocycles. The number of aliphatic hydroxyl groups is 1. The molecule has 1 aromatic carbocycles. The Bertz CT molecular complexity index is 608. The van der Waals surface area contributed by atoms with Gasteiger partial charge in [0.15, 0.2) is 5.82 Å². The molecule has 6 heteroatoms. The first kappa shape index (κ1) is 15.8. The fourth-order valence-electron chi connectivity index (χ4n) is 2.89. The zero-order valence-electron chi connectivity index (χ0n) is 12.9. The van der Waals surface area contributed by atoms with E-state index in [1.54, 1.807) is 18.3 Å². The fourth-order valence-corrected chi connectivity index (χ4v) is 2.89. The number of aliphatic hydroxyl groups excluding tert-OH is 1. The predicted octanol–water partition coefficient (Wildman–Crippen LogP) is 1.91. The number of nitrogens with one attached hydrogen (secondary N) is 1. The molecule has 0 unspecified atom stereocenters. The van der Waals surface area contributed by atoms with Gasteiger partial charge in [-0.1, -0.05) is 12.1 Å². The summed E-state index contributed by atoms with van der Waals surface area (Å²) in [6.45, 7) is 2.26. The van der Waals surface area contributed by atoms with E-state index in [-0.39, 0.29) is 5.82 Å². The van der Waals surface area contributed by atoms with Crippen LogP contribution in [0.1, 0.15) is 24.5 Å². The van der Waals surface area contributed by atoms with Gasteiger partial charge in [0, 0.05) is 31.9 Å². The lowest BCUT2D eigenvalue weighted by Gasteiger charge is -2.34. The van der Waals surface area contributed by atoms with Crippen molar-refractivity contribution in [3.05, 3.63) is 54.0 Å². The number of nitrogens with zero attached hydrogens (tertiary/aromatic N) is 3. The van der Waals surface area contributed by atoms with Crippen LogP contribution in [0.3, 0.4) is 0 Å². The van der Waals surface area contributed by atoms with E-state index in [1.165, 1.54) is 12.1 Å². The predicted molar refractivity (Wildman–Crippen MR) is 86.6 cm³/mol. The van der Waals surface area contributed by atoms with Crippen LogP contribution in [-0.4, -0.2) is 41.0 Å². The maximum absolute atomic E-state index is 12.9. The number of hydrogen-bond donors (Lipinski definition) is 2. The summed E-state index contributed by atoms with van der Waals surface area (Å²) < 4.78 is 12.9. The second-order valence-electron chi connectivity index (χ2n) is 5.84. The van der Waals surface area contributed by atoms with Gasteiger partial charge in [0.25, 0.3) is 0 Å². The Morgan fingerprint density at radius 2 is 2.13 bits per heavy atom. The van der Waals surface area contributed by atoms with Crippen molar-refractivity contribution in [1.29, 1.82) is 0 Å². The van der Waals surface area contributed by atoms with Crippen LogP contribution in [0.2, 0.25) is 0 Å². The molecular formula is C17H21FN4O. The van der Waals surface area contributed by atoms with Crippen molar-refractivity contribution >= 4 is 5.82 Å². The number of anilines is 1. The van der Waals surface area contributed by atoms with Crippen LogP contribution in [0.5, 0.6) is 0 Å². The van der Waals surface area contributed by atoms with Gasteiger partial charge in [0.2, 0.25) is 0 Å². The quantitative estimate of drug-likeness (QED) is 0.882. The maximum atomic E-state index is 12.9. The van der Waals surface area contributed by atoms with Crippen molar-refractivity contribution in [3.63, 3.8) is 0 Å². The molecule has 1 aliphatic heterocycles. The van der Waals surface area contributed by atoms with Gasteiger partial charge in [-0.05, 0) is 42.7 Å². The Morgan fingerprint density at radius 3 is 2.87 bits per heavy atom. The van der Waals surface area contributed by atoms with Crippen molar-refractivity contribution < 1.29 is 9.50 Å². The Morgan fingerprint density at radius 1 is 1.30 bits per heavy atom. The van der Waals surface area contributed by atoms with E-state index in [4.69, 9.17) is 0 Å². The van der Waals surface area contributed by atoms with Crippen molar-refractivity contribution in [2.24, 2.45) is 0 Å². The third-order valence-corrected chi connectivity index (χ3v) is 4.16. The summed E-state index contributed by atoms with van der Waals surface area (Å²) in [6, 6.07) is 10.1. The van der Waals surface area contributed by atoms with Crippen LogP contribution in [0.4, 0.5) is 10.2 Å². The molecule has 2 atom stereocenters. The molecule has 0 spiro atoms. The largest absolute Gasteiger partial charge is 0.387 e. The number of aromatic nitrogens is 2. The van der Waals surface area contributed by atoms with Crippen molar-refractivity contribution in [2.75, 3.05) is 24.5 Å². The molecule has 1 saturated heterocycles. The highest BCUT2D eigenvalue weighted by Crippen LogP contribution is 2.18. The van der Waals surface area contributed by atoms with E-state index in [0.717, 1.165) is 37.3 Å². The van der Waals surface area contributed by atoms with Gasteiger partial charge in [-0.15, -0.1) is 5.10 Å². The first-order chi connectivity index (χ1) is 11.2. The topological polar surface area (TPSA) is 61.3 Å². The molecule has 3 rings (SSSR count). The molecule has 5 nitrogen and oxygen atoms in total. The Kier molecular flexibility index (Phi) is 5.15. The number of hydrogen-bond acceptors (Lipinski definition) is 5. The highest BCUT2D eigenvalue weighted by molar-refractivity contribution is 5.37. The van der Waals surface area contributed by atoms with E-state index in [2.05, 4.69) is 20.4 Å². The molecule has 1 aliphatic rings. The fraction of sp³-hybridized carbons (Fsp3) is 0.412. The SMILES string of the molecule is O[C@@H](CN[C@H]1CCCN(c2cccnn2)C1)c1ccc(F)cc1. The molecule has 122 valence electrons. The molecule has 2 N–H and O–H groups in total. The van der Waals surface area contributed by atoms with Gasteiger partial charge >= 0.3 is 0 Å². The van der Waals surface area contributed by atoms with Crippen LogP contribution >= 0.6 is 0 Å². The summed E-state index contributed by atoms with van der Waals surface area (Å²) in [5.41, 5.74) is 0.723. The molecule has 1 fully saturated rings. The third kappa shape index (κ3) is 4.24. The van der Waals surface area contributed by atoms with Crippen molar-refractivity contribution in [1.82, 2.24) is 15.5 Å². The Balaban J connectivity index is 1.53. The molecule has 1 aromatic heterocycles. The van der Waals surface area contributed by atoms with Gasteiger partial charge in [0.05, 0.1) is 6.10 Å². The first-order valence-electron chi connectivity index (χ1n) is 7.92. The number of benzene rings is 1. The lowest BCUT2D eigenvalue weighted by atomic mass is 10.0. The van der Waals surface area contributed by atoms with Crippen LogP contribution < -0.4 is 10.2 Å². The van der Waals surface area contributed by atoms with Crippen LogP contribution in [-0.2, 0) is 0 Å². The van der Waals surface area contributed by atoms with Gasteiger partial charge in [-0.25, -0.2) is 4.39 Å². The van der Waals surface area contributed by atoms with E-state index in [9.17, 15) is 9.50 Å². The first-order valence-corrected chi connectivity index (χ1v) is 7.92. The van der Waals surface area contributed by atoms with E-state index in [0.29, 0.717) is 12.6 Å². The van der Waals surface area contributed by atoms with Crippen LogP contribution in [0.15, 0.2) is 42.6 Å². The van der Waals surface area contributed by atoms with Crippen LogP contribution in [0.25, 0.3) is 0 Å². The summed E-state index contributed by atoms with van der Waals surface area (Å²) >= 11 is 0. The summed E-state index contributed by atoms with van der Waals surface area (Å²) in [6.07, 6.45) is 3.17. The lowest BCUT2D eigenvalue weighted by molar-refractivity contribution is 0.168. The average molecular weight is 316 g/mol. The molecule has 23 heavy (non-hydrogen) atoms. The van der Waals surface area contributed by atoms with Gasteiger partial charge < -0.3 is 15.3 Å². The molecule has 0 saturated carbocycles. The molecule has 2 aromatic rings. The van der Waals surface area contributed by atoms with E-state index < -0.39 is 6.10 Å². The Hall–Kier alpha value is -2.05. The zero-order chi connectivity index (χ0) is 16.1. The number of rotatable bonds is 5. The minimum Gasteiger partial charge on any atom is -0.387 e. The monoisotopic (exact) mass is 316 g/mol. The van der Waals surface area contributed by atoms with E-state index in [1.807, 2.05) is 12.1 Å². The molecular weight excluding hydrogens is 295 g/mol. The summed E-state index contributed by atoms with van der Waals surface area (Å²) in [5, 5.41) is 21.7. The number of piperidine rings is 1. The zero-order valence-corrected chi connectivity index (χ0v) is 12.9. The second-order valence-corrected chi connectivity index (χ2v) is 5.84. The molecule has 0 aliphatic carbocycles. The smallest absolute Gasteiger partial charge is 0.151 e. The molecule has 0 radical (unpaired) electrons. The Labute approximate surface area is 135 Å². The summed E-state index contributed by atoms with van der Waals surface area (Å²) in [5.74, 6) is 0.596. The highest BCUT2D eigenvalue weighted by Gasteiger charge is 2.21. The molecule has 0 amide bonds. The third-order valence-electron chi connectivity index (χ3n) is 4.16. The van der Waals surface area contributed by atoms with Gasteiger partial charge in [-0.3, -0.25) is 0 Å². The number of halogens is 1. The van der Waals surface area contributed by atoms with Gasteiger partial charge in [0.1, 0.15) is 5.82 Å². The standard InChI is InChI=1S/C17H21FN4O/c18-14-7-5-13(6-8-14)16(23)11-19-15-3-2-10-22(12-15)17-4-1-9-20-21-17/h1,4-9,15-16,19,23H,2-3,10-12H2/t15-,16-/m0/s1. The highest BCUT2D eigenvalue weighted by atomic mass is 19.1. The van der Waals surface area contributed by atoms with Gasteiger partial charge in [-0.2, -0.15) is 5.10 Å². The average Bonchev–Trinajstić information content (AvgIpc) is 2.61. The summed E-state index contributed by atoms with van der Waals surface area (Å²) in [4.78, 5) is 2.21. The maximum Gasteiger partial charge on any atom is 0.151 e. The van der Waals surface area contributed by atoms with Crippen LogP contribution in [0, 0.1) is 5.82 Å². The van der Waals surface area contributed by atoms with Crippen molar-refractivity contribution in [3.8, 4) is 0 Å².